The molecule has 0 amide bonds. The summed E-state index contributed by atoms with van der Waals surface area (Å²) in [4.78, 5) is 1.08. The van der Waals surface area contributed by atoms with Crippen LogP contribution < -0.4 is 5.73 Å². The van der Waals surface area contributed by atoms with Crippen molar-refractivity contribution in [1.29, 1.82) is 0 Å². The third-order valence-corrected chi connectivity index (χ3v) is 3.88. The molecule has 2 rings (SSSR count). The lowest BCUT2D eigenvalue weighted by Crippen LogP contribution is -2.12. The number of aromatic nitrogens is 2. The number of nitrogens with zero attached hydrogens (tertiary/aromatic N) is 3. The number of benzene rings is 1. The molecule has 0 aliphatic carbocycles. The van der Waals surface area contributed by atoms with Gasteiger partial charge in [0, 0.05) is 34.5 Å². The molecule has 19 heavy (non-hydrogen) atoms. The van der Waals surface area contributed by atoms with E-state index in [1.54, 1.807) is 28.6 Å². The number of halogens is 1. The van der Waals surface area contributed by atoms with Crippen molar-refractivity contribution in [2.75, 3.05) is 0 Å². The summed E-state index contributed by atoms with van der Waals surface area (Å²) in [5.74, 6) is 0.786. The number of oxime groups is 1. The average molecular weight is 297 g/mol. The Bertz CT molecular complexity index is 612. The van der Waals surface area contributed by atoms with Crippen molar-refractivity contribution in [2.45, 2.75) is 10.6 Å². The first kappa shape index (κ1) is 13.8. The first-order chi connectivity index (χ1) is 9.10. The van der Waals surface area contributed by atoms with Crippen LogP contribution in [0, 0.1) is 0 Å². The fourth-order valence-electron chi connectivity index (χ4n) is 1.52. The largest absolute Gasteiger partial charge is 0.409 e. The van der Waals surface area contributed by atoms with Gasteiger partial charge in [-0.1, -0.05) is 28.9 Å². The van der Waals surface area contributed by atoms with Crippen molar-refractivity contribution >= 4 is 29.2 Å². The topological polar surface area (TPSA) is 76.4 Å². The van der Waals surface area contributed by atoms with Crippen LogP contribution in [0.2, 0.25) is 5.02 Å². The van der Waals surface area contributed by atoms with E-state index in [4.69, 9.17) is 22.5 Å². The van der Waals surface area contributed by atoms with E-state index in [-0.39, 0.29) is 5.84 Å². The van der Waals surface area contributed by atoms with Crippen LogP contribution in [-0.2, 0) is 12.8 Å². The summed E-state index contributed by atoms with van der Waals surface area (Å²) in [5.41, 5.74) is 7.10. The molecule has 0 atom stereocenters. The van der Waals surface area contributed by atoms with Gasteiger partial charge in [0.1, 0.15) is 0 Å². The van der Waals surface area contributed by atoms with Gasteiger partial charge in [0.2, 0.25) is 0 Å². The first-order valence-corrected chi connectivity index (χ1v) is 6.84. The van der Waals surface area contributed by atoms with E-state index in [2.05, 4.69) is 10.3 Å². The lowest BCUT2D eigenvalue weighted by Gasteiger charge is -2.05. The third-order valence-electron chi connectivity index (χ3n) is 2.53. The number of rotatable bonds is 4. The molecule has 0 saturated carbocycles. The van der Waals surface area contributed by atoms with Crippen molar-refractivity contribution in [3.63, 3.8) is 0 Å². The van der Waals surface area contributed by atoms with Crippen LogP contribution in [0.1, 0.15) is 11.1 Å². The summed E-state index contributed by atoms with van der Waals surface area (Å²) in [6.07, 6.45) is 3.76. The van der Waals surface area contributed by atoms with Gasteiger partial charge in [0.05, 0.1) is 6.20 Å². The second-order valence-corrected chi connectivity index (χ2v) is 5.39. The molecule has 3 N–H and O–H groups in total. The first-order valence-electron chi connectivity index (χ1n) is 5.48. The summed E-state index contributed by atoms with van der Waals surface area (Å²) in [5, 5.41) is 16.3. The quantitative estimate of drug-likeness (QED) is 0.299. The van der Waals surface area contributed by atoms with Gasteiger partial charge in [-0.05, 0) is 11.6 Å². The molecule has 0 bridgehead atoms. The lowest BCUT2D eigenvalue weighted by atomic mass is 10.1. The maximum Gasteiger partial charge on any atom is 0.170 e. The van der Waals surface area contributed by atoms with Crippen molar-refractivity contribution in [3.05, 3.63) is 46.7 Å². The monoisotopic (exact) mass is 296 g/mol. The minimum Gasteiger partial charge on any atom is -0.409 e. The highest BCUT2D eigenvalue weighted by atomic mass is 35.5. The third kappa shape index (κ3) is 3.42. The molecule has 2 aromatic rings. The van der Waals surface area contributed by atoms with Gasteiger partial charge in [-0.3, -0.25) is 4.68 Å². The summed E-state index contributed by atoms with van der Waals surface area (Å²) in [6.45, 7) is 0. The van der Waals surface area contributed by atoms with E-state index in [1.165, 1.54) is 0 Å². The molecule has 0 radical (unpaired) electrons. The molecule has 0 spiro atoms. The van der Waals surface area contributed by atoms with Gasteiger partial charge in [-0.2, -0.15) is 5.10 Å². The fraction of sp³-hybridized carbons (Fsp3) is 0.167. The van der Waals surface area contributed by atoms with Crippen molar-refractivity contribution < 1.29 is 5.21 Å². The predicted molar refractivity (Wildman–Crippen MR) is 76.7 cm³/mol. The van der Waals surface area contributed by atoms with Crippen LogP contribution in [0.15, 0.2) is 40.6 Å². The summed E-state index contributed by atoms with van der Waals surface area (Å²) in [7, 11) is 1.88. The Hall–Kier alpha value is -1.66. The minimum atomic E-state index is 0.0494. The zero-order chi connectivity index (χ0) is 13.8. The van der Waals surface area contributed by atoms with Gasteiger partial charge in [0.25, 0.3) is 0 Å². The smallest absolute Gasteiger partial charge is 0.170 e. The number of hydrogen-bond donors (Lipinski definition) is 2. The number of aryl methyl sites for hydroxylation is 1. The number of hydrogen-bond acceptors (Lipinski definition) is 4. The van der Waals surface area contributed by atoms with Crippen LogP contribution in [-0.4, -0.2) is 20.8 Å². The number of thioether (sulfide) groups is 1. The van der Waals surface area contributed by atoms with Crippen LogP contribution in [0.25, 0.3) is 0 Å². The van der Waals surface area contributed by atoms with E-state index in [1.807, 2.05) is 25.5 Å². The standard InChI is InChI=1S/C12H13ClN4OS/c1-17-6-10(5-15-17)19-7-9-3-2-8(4-11(9)13)12(14)16-18/h2-6,18H,7H2,1H3,(H2,14,16). The molecule has 0 aliphatic heterocycles. The SMILES string of the molecule is Cn1cc(SCc2ccc(/C(N)=N/O)cc2Cl)cn1. The Morgan fingerprint density at radius 3 is 2.95 bits per heavy atom. The van der Waals surface area contributed by atoms with Gasteiger partial charge in [0.15, 0.2) is 5.84 Å². The van der Waals surface area contributed by atoms with Crippen LogP contribution in [0.5, 0.6) is 0 Å². The summed E-state index contributed by atoms with van der Waals surface area (Å²) < 4.78 is 1.76. The van der Waals surface area contributed by atoms with Crippen LogP contribution in [0.4, 0.5) is 0 Å². The van der Waals surface area contributed by atoms with E-state index in [9.17, 15) is 0 Å². The fourth-order valence-corrected chi connectivity index (χ4v) is 2.77. The van der Waals surface area contributed by atoms with E-state index < -0.39 is 0 Å². The zero-order valence-electron chi connectivity index (χ0n) is 10.2. The molecule has 0 fully saturated rings. The van der Waals surface area contributed by atoms with E-state index in [0.29, 0.717) is 10.6 Å². The molecular weight excluding hydrogens is 284 g/mol. The predicted octanol–water partition coefficient (Wildman–Crippen LogP) is 2.46. The maximum absolute atomic E-state index is 8.61. The Labute approximate surface area is 120 Å². The van der Waals surface area contributed by atoms with Crippen molar-refractivity contribution in [3.8, 4) is 0 Å². The Kier molecular flexibility index (Phi) is 4.34. The molecule has 7 heteroatoms. The molecule has 1 heterocycles. The zero-order valence-corrected chi connectivity index (χ0v) is 11.8. The van der Waals surface area contributed by atoms with Crippen LogP contribution in [0.3, 0.4) is 0 Å². The minimum absolute atomic E-state index is 0.0494. The molecule has 1 aromatic carbocycles. The van der Waals surface area contributed by atoms with Gasteiger partial charge >= 0.3 is 0 Å². The average Bonchev–Trinajstić information content (AvgIpc) is 2.82. The Morgan fingerprint density at radius 2 is 2.37 bits per heavy atom. The van der Waals surface area contributed by atoms with Crippen molar-refractivity contribution in [1.82, 2.24) is 9.78 Å². The Morgan fingerprint density at radius 1 is 1.58 bits per heavy atom. The Balaban J connectivity index is 2.09. The molecular formula is C12H13ClN4OS. The van der Waals surface area contributed by atoms with E-state index in [0.717, 1.165) is 16.2 Å². The highest BCUT2D eigenvalue weighted by Crippen LogP contribution is 2.27. The summed E-state index contributed by atoms with van der Waals surface area (Å²) in [6, 6.07) is 5.34. The number of amidine groups is 1. The van der Waals surface area contributed by atoms with Gasteiger partial charge in [-0.25, -0.2) is 0 Å². The highest BCUT2D eigenvalue weighted by molar-refractivity contribution is 7.98. The van der Waals surface area contributed by atoms with E-state index >= 15 is 0 Å². The van der Waals surface area contributed by atoms with Gasteiger partial charge in [-0.15, -0.1) is 11.8 Å². The highest BCUT2D eigenvalue weighted by Gasteiger charge is 2.06. The summed E-state index contributed by atoms with van der Waals surface area (Å²) >= 11 is 7.83. The molecule has 5 nitrogen and oxygen atoms in total. The maximum atomic E-state index is 8.61. The second kappa shape index (κ2) is 5.99. The molecule has 0 aliphatic rings. The number of nitrogens with two attached hydrogens (primary N) is 1. The second-order valence-electron chi connectivity index (χ2n) is 3.93. The van der Waals surface area contributed by atoms with Gasteiger partial charge < -0.3 is 10.9 Å². The molecule has 0 unspecified atom stereocenters. The van der Waals surface area contributed by atoms with Crippen molar-refractivity contribution in [2.24, 2.45) is 17.9 Å². The molecule has 100 valence electrons. The molecule has 0 saturated heterocycles. The normalized spacial score (nSPS) is 11.8. The lowest BCUT2D eigenvalue weighted by molar-refractivity contribution is 0.318. The molecule has 1 aromatic heterocycles. The van der Waals surface area contributed by atoms with Crippen LogP contribution >= 0.6 is 23.4 Å².